The van der Waals surface area contributed by atoms with Crippen molar-refractivity contribution in [3.05, 3.63) is 46.0 Å². The van der Waals surface area contributed by atoms with E-state index in [-0.39, 0.29) is 11.8 Å². The third-order valence-electron chi connectivity index (χ3n) is 4.05. The average molecular weight is 355 g/mol. The van der Waals surface area contributed by atoms with E-state index in [1.807, 2.05) is 19.1 Å². The fourth-order valence-electron chi connectivity index (χ4n) is 2.58. The van der Waals surface area contributed by atoms with Gasteiger partial charge in [-0.3, -0.25) is 9.59 Å². The molecule has 0 atom stereocenters. The first kappa shape index (κ1) is 17.8. The first-order chi connectivity index (χ1) is 10.9. The zero-order chi connectivity index (χ0) is 17.0. The number of carbonyl (C=O) groups excluding carboxylic acids is 2. The Hall–Kier alpha value is -1.52. The van der Waals surface area contributed by atoms with E-state index in [0.29, 0.717) is 49.1 Å². The minimum atomic E-state index is -0.0850. The number of benzene rings is 1. The first-order valence-corrected chi connectivity index (χ1v) is 8.31. The van der Waals surface area contributed by atoms with Gasteiger partial charge >= 0.3 is 0 Å². The van der Waals surface area contributed by atoms with Gasteiger partial charge in [0.25, 0.3) is 0 Å². The number of piperazine rings is 1. The highest BCUT2D eigenvalue weighted by Gasteiger charge is 2.22. The summed E-state index contributed by atoms with van der Waals surface area (Å²) in [5.41, 5.74) is 1.81. The van der Waals surface area contributed by atoms with Crippen LogP contribution >= 0.6 is 23.2 Å². The van der Waals surface area contributed by atoms with Gasteiger partial charge < -0.3 is 9.80 Å². The maximum Gasteiger partial charge on any atom is 0.246 e. The second-order valence-electron chi connectivity index (χ2n) is 5.60. The van der Waals surface area contributed by atoms with Gasteiger partial charge in [-0.15, -0.1) is 0 Å². The van der Waals surface area contributed by atoms with Crippen LogP contribution in [0.5, 0.6) is 0 Å². The molecule has 0 radical (unpaired) electrons. The van der Waals surface area contributed by atoms with Crippen molar-refractivity contribution < 1.29 is 9.59 Å². The Labute approximate surface area is 146 Å². The molecule has 1 aromatic carbocycles. The van der Waals surface area contributed by atoms with Crippen molar-refractivity contribution >= 4 is 35.0 Å². The molecule has 0 spiro atoms. The van der Waals surface area contributed by atoms with E-state index in [1.54, 1.807) is 9.80 Å². The van der Waals surface area contributed by atoms with Crippen LogP contribution in [0, 0.1) is 6.92 Å². The van der Waals surface area contributed by atoms with Crippen molar-refractivity contribution in [2.45, 2.75) is 19.8 Å². The van der Waals surface area contributed by atoms with Crippen LogP contribution in [0.25, 0.3) is 0 Å². The van der Waals surface area contributed by atoms with Crippen molar-refractivity contribution in [1.82, 2.24) is 9.80 Å². The molecular weight excluding hydrogens is 335 g/mol. The number of hydrogen-bond donors (Lipinski definition) is 0. The van der Waals surface area contributed by atoms with Crippen LogP contribution in [-0.4, -0.2) is 47.8 Å². The maximum atomic E-state index is 12.3. The van der Waals surface area contributed by atoms with Gasteiger partial charge in [0.15, 0.2) is 0 Å². The normalized spacial score (nSPS) is 14.7. The summed E-state index contributed by atoms with van der Waals surface area (Å²) >= 11 is 12.3. The molecule has 2 amide bonds. The van der Waals surface area contributed by atoms with Gasteiger partial charge in [0.05, 0.1) is 0 Å². The fourth-order valence-corrected chi connectivity index (χ4v) is 3.08. The van der Waals surface area contributed by atoms with E-state index in [4.69, 9.17) is 23.2 Å². The Balaban J connectivity index is 1.88. The number of aryl methyl sites for hydroxylation is 2. The lowest BCUT2D eigenvalue weighted by molar-refractivity contribution is -0.137. The molecule has 0 saturated carbocycles. The average Bonchev–Trinajstić information content (AvgIpc) is 2.56. The minimum Gasteiger partial charge on any atom is -0.339 e. The van der Waals surface area contributed by atoms with Crippen LogP contribution in [0.15, 0.2) is 24.8 Å². The molecule has 0 N–H and O–H groups in total. The molecule has 1 saturated heterocycles. The highest BCUT2D eigenvalue weighted by molar-refractivity contribution is 6.34. The third kappa shape index (κ3) is 4.49. The maximum absolute atomic E-state index is 12.3. The molecule has 0 unspecified atom stereocenters. The van der Waals surface area contributed by atoms with Gasteiger partial charge in [0.2, 0.25) is 11.8 Å². The molecule has 1 fully saturated rings. The zero-order valence-corrected chi connectivity index (χ0v) is 14.7. The number of carbonyl (C=O) groups is 2. The summed E-state index contributed by atoms with van der Waals surface area (Å²) in [6.07, 6.45) is 2.25. The standard InChI is InChI=1S/C17H20Cl2N2O2/c1-3-16(22)20-6-8-21(9-7-20)17(23)5-4-13-11-14(18)12(2)10-15(13)19/h3,10-11H,1,4-9H2,2H3. The Morgan fingerprint density at radius 3 is 2.35 bits per heavy atom. The third-order valence-corrected chi connectivity index (χ3v) is 4.81. The van der Waals surface area contributed by atoms with E-state index in [0.717, 1.165) is 11.1 Å². The second-order valence-corrected chi connectivity index (χ2v) is 6.42. The Bertz CT molecular complexity index is 623. The summed E-state index contributed by atoms with van der Waals surface area (Å²) in [7, 11) is 0. The molecule has 1 aliphatic heterocycles. The van der Waals surface area contributed by atoms with Crippen LogP contribution in [0.3, 0.4) is 0 Å². The quantitative estimate of drug-likeness (QED) is 0.779. The van der Waals surface area contributed by atoms with Crippen LogP contribution in [0.2, 0.25) is 10.0 Å². The SMILES string of the molecule is C=CC(=O)N1CCN(C(=O)CCc2cc(Cl)c(C)cc2Cl)CC1. The second kappa shape index (κ2) is 7.84. The number of nitrogens with zero attached hydrogens (tertiary/aromatic N) is 2. The lowest BCUT2D eigenvalue weighted by Gasteiger charge is -2.34. The van der Waals surface area contributed by atoms with E-state index < -0.39 is 0 Å². The highest BCUT2D eigenvalue weighted by atomic mass is 35.5. The molecule has 1 heterocycles. The van der Waals surface area contributed by atoms with Crippen molar-refractivity contribution in [2.75, 3.05) is 26.2 Å². The summed E-state index contributed by atoms with van der Waals surface area (Å²) in [5.74, 6) is -0.0124. The summed E-state index contributed by atoms with van der Waals surface area (Å²) in [5, 5.41) is 1.30. The minimum absolute atomic E-state index is 0.0727. The molecule has 6 heteroatoms. The van der Waals surface area contributed by atoms with E-state index >= 15 is 0 Å². The molecule has 2 rings (SSSR count). The Kier molecular flexibility index (Phi) is 6.08. The van der Waals surface area contributed by atoms with Crippen molar-refractivity contribution in [2.24, 2.45) is 0 Å². The number of halogens is 2. The first-order valence-electron chi connectivity index (χ1n) is 7.56. The van der Waals surface area contributed by atoms with E-state index in [2.05, 4.69) is 6.58 Å². The molecule has 0 bridgehead atoms. The van der Waals surface area contributed by atoms with Gasteiger partial charge in [-0.2, -0.15) is 0 Å². The lowest BCUT2D eigenvalue weighted by Crippen LogP contribution is -2.50. The van der Waals surface area contributed by atoms with Gasteiger partial charge in [0, 0.05) is 42.6 Å². The van der Waals surface area contributed by atoms with Crippen LogP contribution in [0.4, 0.5) is 0 Å². The molecule has 1 aliphatic rings. The van der Waals surface area contributed by atoms with Gasteiger partial charge in [-0.1, -0.05) is 29.8 Å². The predicted molar refractivity (Wildman–Crippen MR) is 92.9 cm³/mol. The largest absolute Gasteiger partial charge is 0.339 e. The fraction of sp³-hybridized carbons (Fsp3) is 0.412. The van der Waals surface area contributed by atoms with Gasteiger partial charge in [-0.05, 0) is 42.7 Å². The summed E-state index contributed by atoms with van der Waals surface area (Å²) in [4.78, 5) is 27.3. The van der Waals surface area contributed by atoms with Crippen molar-refractivity contribution in [3.63, 3.8) is 0 Å². The number of amides is 2. The summed E-state index contributed by atoms with van der Waals surface area (Å²) < 4.78 is 0. The number of hydrogen-bond acceptors (Lipinski definition) is 2. The molecule has 124 valence electrons. The Morgan fingerprint density at radius 2 is 1.74 bits per heavy atom. The predicted octanol–water partition coefficient (Wildman–Crippen LogP) is 3.09. The molecule has 4 nitrogen and oxygen atoms in total. The Morgan fingerprint density at radius 1 is 1.13 bits per heavy atom. The smallest absolute Gasteiger partial charge is 0.246 e. The van der Waals surface area contributed by atoms with E-state index in [9.17, 15) is 9.59 Å². The lowest BCUT2D eigenvalue weighted by atomic mass is 10.1. The van der Waals surface area contributed by atoms with Gasteiger partial charge in [0.1, 0.15) is 0 Å². The van der Waals surface area contributed by atoms with Gasteiger partial charge in [-0.25, -0.2) is 0 Å². The monoisotopic (exact) mass is 354 g/mol. The highest BCUT2D eigenvalue weighted by Crippen LogP contribution is 2.25. The van der Waals surface area contributed by atoms with Crippen LogP contribution in [-0.2, 0) is 16.0 Å². The van der Waals surface area contributed by atoms with Crippen molar-refractivity contribution in [3.8, 4) is 0 Å². The summed E-state index contributed by atoms with van der Waals surface area (Å²) in [6.45, 7) is 7.59. The molecule has 0 aromatic heterocycles. The number of rotatable bonds is 4. The van der Waals surface area contributed by atoms with E-state index in [1.165, 1.54) is 6.08 Å². The van der Waals surface area contributed by atoms with Crippen LogP contribution < -0.4 is 0 Å². The summed E-state index contributed by atoms with van der Waals surface area (Å²) in [6, 6.07) is 3.65. The molecule has 23 heavy (non-hydrogen) atoms. The molecule has 0 aliphatic carbocycles. The van der Waals surface area contributed by atoms with Crippen molar-refractivity contribution in [1.29, 1.82) is 0 Å². The molecular formula is C17H20Cl2N2O2. The topological polar surface area (TPSA) is 40.6 Å². The zero-order valence-electron chi connectivity index (χ0n) is 13.1. The molecule has 1 aromatic rings. The van der Waals surface area contributed by atoms with Crippen LogP contribution in [0.1, 0.15) is 17.5 Å².